The standard InChI is InChI=1S/C20H25N3O2/c1-14-18(19(22-25-14)16-7-10-21-11-8-16)20(24)23-12-9-17(13-23)15-5-3-2-4-6-15/h7-8,10-11,15,17H,2-6,9,12-13H2,1H3/t17-/m1/s1. The van der Waals surface area contributed by atoms with Crippen molar-refractivity contribution in [3.05, 3.63) is 35.9 Å². The SMILES string of the molecule is Cc1onc(-c2ccncc2)c1C(=O)N1CC[C@@H](C2CCCCC2)C1. The van der Waals surface area contributed by atoms with E-state index >= 15 is 0 Å². The van der Waals surface area contributed by atoms with Crippen molar-refractivity contribution in [3.8, 4) is 11.3 Å². The lowest BCUT2D eigenvalue weighted by molar-refractivity contribution is 0.0778. The average molecular weight is 339 g/mol. The van der Waals surface area contributed by atoms with Gasteiger partial charge >= 0.3 is 0 Å². The largest absolute Gasteiger partial charge is 0.360 e. The van der Waals surface area contributed by atoms with Crippen LogP contribution in [0.4, 0.5) is 0 Å². The molecular formula is C20H25N3O2. The van der Waals surface area contributed by atoms with Crippen LogP contribution in [0.3, 0.4) is 0 Å². The highest BCUT2D eigenvalue weighted by Gasteiger charge is 2.35. The van der Waals surface area contributed by atoms with Crippen LogP contribution in [0.15, 0.2) is 29.0 Å². The topological polar surface area (TPSA) is 59.2 Å². The molecule has 0 spiro atoms. The van der Waals surface area contributed by atoms with Crippen molar-refractivity contribution in [2.24, 2.45) is 11.8 Å². The van der Waals surface area contributed by atoms with Crippen molar-refractivity contribution in [1.82, 2.24) is 15.0 Å². The third-order valence-electron chi connectivity index (χ3n) is 5.86. The summed E-state index contributed by atoms with van der Waals surface area (Å²) >= 11 is 0. The van der Waals surface area contributed by atoms with Gasteiger partial charge in [0.1, 0.15) is 17.0 Å². The molecule has 0 N–H and O–H groups in total. The van der Waals surface area contributed by atoms with Crippen molar-refractivity contribution < 1.29 is 9.32 Å². The molecule has 0 aromatic carbocycles. The predicted molar refractivity (Wildman–Crippen MR) is 95.1 cm³/mol. The number of carbonyl (C=O) groups excluding carboxylic acids is 1. The fourth-order valence-corrected chi connectivity index (χ4v) is 4.45. The van der Waals surface area contributed by atoms with Crippen LogP contribution < -0.4 is 0 Å². The van der Waals surface area contributed by atoms with Gasteiger partial charge in [0, 0.05) is 31.0 Å². The molecule has 2 aromatic rings. The van der Waals surface area contributed by atoms with Crippen LogP contribution in [-0.4, -0.2) is 34.0 Å². The Kier molecular flexibility index (Phi) is 4.55. The molecule has 1 aliphatic carbocycles. The average Bonchev–Trinajstić information content (AvgIpc) is 3.30. The number of rotatable bonds is 3. The zero-order valence-corrected chi connectivity index (χ0v) is 14.8. The van der Waals surface area contributed by atoms with Gasteiger partial charge in [0.25, 0.3) is 5.91 Å². The molecule has 4 rings (SSSR count). The van der Waals surface area contributed by atoms with E-state index < -0.39 is 0 Å². The third kappa shape index (κ3) is 3.20. The maximum Gasteiger partial charge on any atom is 0.259 e. The van der Waals surface area contributed by atoms with Gasteiger partial charge in [-0.15, -0.1) is 0 Å². The summed E-state index contributed by atoms with van der Waals surface area (Å²) in [6.07, 6.45) is 11.3. The van der Waals surface area contributed by atoms with Crippen molar-refractivity contribution in [2.75, 3.05) is 13.1 Å². The number of likely N-dealkylation sites (tertiary alicyclic amines) is 1. The van der Waals surface area contributed by atoms with E-state index in [1.165, 1.54) is 32.1 Å². The summed E-state index contributed by atoms with van der Waals surface area (Å²) < 4.78 is 5.36. The molecule has 1 atom stereocenters. The third-order valence-corrected chi connectivity index (χ3v) is 5.86. The second kappa shape index (κ2) is 6.98. The Hall–Kier alpha value is -2.17. The summed E-state index contributed by atoms with van der Waals surface area (Å²) in [5.74, 6) is 2.12. The summed E-state index contributed by atoms with van der Waals surface area (Å²) in [5, 5.41) is 4.14. The van der Waals surface area contributed by atoms with E-state index in [2.05, 4.69) is 10.1 Å². The Morgan fingerprint density at radius 2 is 1.88 bits per heavy atom. The Bertz CT molecular complexity index is 735. The van der Waals surface area contributed by atoms with Gasteiger partial charge in [-0.1, -0.05) is 37.3 Å². The minimum atomic E-state index is 0.0591. The molecule has 132 valence electrons. The Morgan fingerprint density at radius 1 is 1.12 bits per heavy atom. The second-order valence-corrected chi connectivity index (χ2v) is 7.40. The van der Waals surface area contributed by atoms with Crippen molar-refractivity contribution >= 4 is 5.91 Å². The van der Waals surface area contributed by atoms with Gasteiger partial charge in [-0.2, -0.15) is 0 Å². The van der Waals surface area contributed by atoms with Crippen LogP contribution in [0.1, 0.15) is 54.6 Å². The highest BCUT2D eigenvalue weighted by atomic mass is 16.5. The zero-order valence-electron chi connectivity index (χ0n) is 14.8. The normalized spacial score (nSPS) is 21.6. The number of aromatic nitrogens is 2. The second-order valence-electron chi connectivity index (χ2n) is 7.40. The van der Waals surface area contributed by atoms with Gasteiger partial charge in [0.2, 0.25) is 0 Å². The summed E-state index contributed by atoms with van der Waals surface area (Å²) in [6, 6.07) is 3.73. The molecule has 1 saturated carbocycles. The molecule has 1 saturated heterocycles. The molecule has 3 heterocycles. The van der Waals surface area contributed by atoms with E-state index in [0.29, 0.717) is 22.9 Å². The van der Waals surface area contributed by atoms with E-state index in [0.717, 1.165) is 31.0 Å². The maximum absolute atomic E-state index is 13.2. The molecule has 1 amide bonds. The number of aryl methyl sites for hydroxylation is 1. The first-order valence-corrected chi connectivity index (χ1v) is 9.40. The lowest BCUT2D eigenvalue weighted by Crippen LogP contribution is -2.30. The Morgan fingerprint density at radius 3 is 2.64 bits per heavy atom. The Balaban J connectivity index is 1.53. The van der Waals surface area contributed by atoms with Crippen LogP contribution in [-0.2, 0) is 0 Å². The monoisotopic (exact) mass is 339 g/mol. The van der Waals surface area contributed by atoms with Crippen molar-refractivity contribution in [2.45, 2.75) is 45.4 Å². The molecule has 0 radical (unpaired) electrons. The van der Waals surface area contributed by atoms with Crippen molar-refractivity contribution in [3.63, 3.8) is 0 Å². The first kappa shape index (κ1) is 16.3. The van der Waals surface area contributed by atoms with Crippen LogP contribution in [0.5, 0.6) is 0 Å². The van der Waals surface area contributed by atoms with Crippen LogP contribution >= 0.6 is 0 Å². The zero-order chi connectivity index (χ0) is 17.2. The first-order chi connectivity index (χ1) is 12.2. The van der Waals surface area contributed by atoms with E-state index in [1.54, 1.807) is 12.4 Å². The minimum Gasteiger partial charge on any atom is -0.360 e. The van der Waals surface area contributed by atoms with E-state index in [4.69, 9.17) is 4.52 Å². The van der Waals surface area contributed by atoms with Gasteiger partial charge in [0.15, 0.2) is 0 Å². The number of pyridine rings is 1. The molecule has 2 aromatic heterocycles. The van der Waals surface area contributed by atoms with Crippen LogP contribution in [0.2, 0.25) is 0 Å². The lowest BCUT2D eigenvalue weighted by atomic mass is 9.80. The summed E-state index contributed by atoms with van der Waals surface area (Å²) in [7, 11) is 0. The highest BCUT2D eigenvalue weighted by Crippen LogP contribution is 2.36. The number of nitrogens with zero attached hydrogens (tertiary/aromatic N) is 3. The number of hydrogen-bond donors (Lipinski definition) is 0. The molecular weight excluding hydrogens is 314 g/mol. The van der Waals surface area contributed by atoms with Gasteiger partial charge in [0.05, 0.1) is 0 Å². The molecule has 2 fully saturated rings. The number of hydrogen-bond acceptors (Lipinski definition) is 4. The summed E-state index contributed by atoms with van der Waals surface area (Å²) in [6.45, 7) is 3.55. The molecule has 5 heteroatoms. The Labute approximate surface area is 148 Å². The highest BCUT2D eigenvalue weighted by molar-refractivity contribution is 6.00. The smallest absolute Gasteiger partial charge is 0.259 e. The number of amides is 1. The first-order valence-electron chi connectivity index (χ1n) is 9.40. The van der Waals surface area contributed by atoms with Crippen molar-refractivity contribution in [1.29, 1.82) is 0 Å². The summed E-state index contributed by atoms with van der Waals surface area (Å²) in [4.78, 5) is 19.2. The quantitative estimate of drug-likeness (QED) is 0.845. The van der Waals surface area contributed by atoms with Gasteiger partial charge in [-0.25, -0.2) is 0 Å². The lowest BCUT2D eigenvalue weighted by Gasteiger charge is -2.27. The predicted octanol–water partition coefficient (Wildman–Crippen LogP) is 4.09. The van der Waals surface area contributed by atoms with Gasteiger partial charge in [-0.3, -0.25) is 9.78 Å². The van der Waals surface area contributed by atoms with Gasteiger partial charge in [-0.05, 0) is 37.3 Å². The molecule has 0 bridgehead atoms. The molecule has 25 heavy (non-hydrogen) atoms. The van der Waals surface area contributed by atoms with E-state index in [-0.39, 0.29) is 5.91 Å². The molecule has 2 aliphatic rings. The molecule has 1 aliphatic heterocycles. The number of carbonyl (C=O) groups is 1. The molecule has 0 unspecified atom stereocenters. The molecule has 5 nitrogen and oxygen atoms in total. The maximum atomic E-state index is 13.2. The van der Waals surface area contributed by atoms with Crippen LogP contribution in [0.25, 0.3) is 11.3 Å². The van der Waals surface area contributed by atoms with Gasteiger partial charge < -0.3 is 9.42 Å². The fraction of sp³-hybridized carbons (Fsp3) is 0.550. The summed E-state index contributed by atoms with van der Waals surface area (Å²) in [5.41, 5.74) is 2.11. The minimum absolute atomic E-state index is 0.0591. The van der Waals surface area contributed by atoms with E-state index in [1.807, 2.05) is 24.0 Å². The fourth-order valence-electron chi connectivity index (χ4n) is 4.45. The van der Waals surface area contributed by atoms with Crippen LogP contribution in [0, 0.1) is 18.8 Å². The van der Waals surface area contributed by atoms with E-state index in [9.17, 15) is 4.79 Å².